The SMILES string of the molecule is CCCCOC1=C(C)C(C)C(O)C=C1CCC(C)CCCC(C)(O)CCCC(C)(O)CCCC(C)C(=O)O. The van der Waals surface area contributed by atoms with Gasteiger partial charge in [0, 0.05) is 5.92 Å². The minimum atomic E-state index is -0.825. The van der Waals surface area contributed by atoms with Crippen molar-refractivity contribution in [2.24, 2.45) is 17.8 Å². The predicted octanol–water partition coefficient (Wildman–Crippen LogP) is 7.16. The maximum atomic E-state index is 11.0. The van der Waals surface area contributed by atoms with Crippen LogP contribution in [0.3, 0.4) is 0 Å². The van der Waals surface area contributed by atoms with E-state index in [0.717, 1.165) is 68.3 Å². The molecule has 0 amide bonds. The van der Waals surface area contributed by atoms with E-state index in [0.29, 0.717) is 44.6 Å². The molecule has 4 N–H and O–H groups in total. The first-order chi connectivity index (χ1) is 17.7. The molecule has 6 atom stereocenters. The first-order valence-corrected chi connectivity index (χ1v) is 15.1. The smallest absolute Gasteiger partial charge is 0.306 e. The van der Waals surface area contributed by atoms with Gasteiger partial charge in [-0.2, -0.15) is 0 Å². The first-order valence-electron chi connectivity index (χ1n) is 15.1. The number of aliphatic hydroxyl groups is 3. The van der Waals surface area contributed by atoms with Crippen LogP contribution in [0.2, 0.25) is 0 Å². The van der Waals surface area contributed by atoms with E-state index < -0.39 is 23.3 Å². The molecule has 0 aromatic carbocycles. The largest absolute Gasteiger partial charge is 0.493 e. The second-order valence-electron chi connectivity index (χ2n) is 12.7. The molecule has 0 aromatic heterocycles. The van der Waals surface area contributed by atoms with Gasteiger partial charge < -0.3 is 25.2 Å². The number of ether oxygens (including phenoxy) is 1. The summed E-state index contributed by atoms with van der Waals surface area (Å²) >= 11 is 0. The highest BCUT2D eigenvalue weighted by Gasteiger charge is 2.27. The van der Waals surface area contributed by atoms with E-state index in [-0.39, 0.29) is 11.8 Å². The van der Waals surface area contributed by atoms with Gasteiger partial charge in [0.25, 0.3) is 0 Å². The van der Waals surface area contributed by atoms with Crippen LogP contribution in [0, 0.1) is 17.8 Å². The molecule has 0 aliphatic heterocycles. The summed E-state index contributed by atoms with van der Waals surface area (Å²) in [4.78, 5) is 11.0. The third-order valence-corrected chi connectivity index (χ3v) is 8.48. The Morgan fingerprint density at radius 1 is 0.974 bits per heavy atom. The number of unbranched alkanes of at least 4 members (excludes halogenated alkanes) is 1. The summed E-state index contributed by atoms with van der Waals surface area (Å²) in [6, 6.07) is 0. The van der Waals surface area contributed by atoms with Crippen molar-refractivity contribution in [3.05, 3.63) is 23.0 Å². The van der Waals surface area contributed by atoms with Crippen LogP contribution in [0.5, 0.6) is 0 Å². The Morgan fingerprint density at radius 3 is 2.08 bits per heavy atom. The lowest BCUT2D eigenvalue weighted by atomic mass is 9.83. The zero-order valence-corrected chi connectivity index (χ0v) is 25.4. The van der Waals surface area contributed by atoms with Crippen LogP contribution in [0.1, 0.15) is 132 Å². The molecule has 0 aromatic rings. The van der Waals surface area contributed by atoms with Crippen LogP contribution in [-0.4, -0.2) is 50.3 Å². The summed E-state index contributed by atoms with van der Waals surface area (Å²) in [5.41, 5.74) is 0.699. The van der Waals surface area contributed by atoms with Crippen LogP contribution in [0.4, 0.5) is 0 Å². The lowest BCUT2D eigenvalue weighted by Gasteiger charge is -2.29. The maximum absolute atomic E-state index is 11.0. The minimum Gasteiger partial charge on any atom is -0.493 e. The van der Waals surface area contributed by atoms with E-state index >= 15 is 0 Å². The molecule has 0 spiro atoms. The van der Waals surface area contributed by atoms with Gasteiger partial charge in [-0.1, -0.05) is 47.0 Å². The second kappa shape index (κ2) is 16.7. The highest BCUT2D eigenvalue weighted by Crippen LogP contribution is 2.34. The van der Waals surface area contributed by atoms with E-state index in [1.807, 2.05) is 19.9 Å². The molecule has 1 aliphatic rings. The standard InChI is InChI=1S/C32H58O6/c1-8-9-21-38-29-26(5)25(4)28(33)22-27(29)16-15-23(2)13-10-17-31(6,36)19-12-20-32(7,37)18-11-14-24(3)30(34)35/h22-25,28,33,36-37H,8-21H2,1-7H3,(H,34,35). The molecule has 0 heterocycles. The topological polar surface area (TPSA) is 107 Å². The zero-order chi connectivity index (χ0) is 28.9. The Bertz CT molecular complexity index is 766. The Hall–Kier alpha value is -1.37. The third kappa shape index (κ3) is 13.1. The zero-order valence-electron chi connectivity index (χ0n) is 25.4. The molecule has 6 unspecified atom stereocenters. The summed E-state index contributed by atoms with van der Waals surface area (Å²) in [6.07, 6.45) is 12.1. The molecule has 0 radical (unpaired) electrons. The molecular weight excluding hydrogens is 480 g/mol. The number of carboxylic acid groups (broad SMARTS) is 1. The number of aliphatic hydroxyl groups excluding tert-OH is 1. The number of aliphatic carboxylic acids is 1. The predicted molar refractivity (Wildman–Crippen MR) is 155 cm³/mol. The van der Waals surface area contributed by atoms with Gasteiger partial charge in [0.15, 0.2) is 0 Å². The van der Waals surface area contributed by atoms with E-state index in [1.54, 1.807) is 6.92 Å². The number of hydrogen-bond donors (Lipinski definition) is 4. The number of carboxylic acids is 1. The molecule has 6 heteroatoms. The van der Waals surface area contributed by atoms with Crippen molar-refractivity contribution in [1.29, 1.82) is 0 Å². The fourth-order valence-corrected chi connectivity index (χ4v) is 5.25. The van der Waals surface area contributed by atoms with Crippen molar-refractivity contribution >= 4 is 5.97 Å². The lowest BCUT2D eigenvalue weighted by Crippen LogP contribution is -2.28. The average molecular weight is 539 g/mol. The number of rotatable bonds is 20. The summed E-state index contributed by atoms with van der Waals surface area (Å²) in [6.45, 7) is 14.7. The Kier molecular flexibility index (Phi) is 15.2. The summed E-state index contributed by atoms with van der Waals surface area (Å²) in [5, 5.41) is 41.0. The maximum Gasteiger partial charge on any atom is 0.306 e. The van der Waals surface area contributed by atoms with Gasteiger partial charge in [0.05, 0.1) is 29.8 Å². The van der Waals surface area contributed by atoms with E-state index in [1.165, 1.54) is 0 Å². The number of allylic oxidation sites excluding steroid dienone is 1. The molecule has 1 aliphatic carbocycles. The van der Waals surface area contributed by atoms with Gasteiger partial charge in [-0.05, 0) is 108 Å². The average Bonchev–Trinajstić information content (AvgIpc) is 2.82. The van der Waals surface area contributed by atoms with Crippen molar-refractivity contribution in [2.75, 3.05) is 6.61 Å². The van der Waals surface area contributed by atoms with Crippen molar-refractivity contribution < 1.29 is 30.0 Å². The molecule has 6 nitrogen and oxygen atoms in total. The van der Waals surface area contributed by atoms with Gasteiger partial charge in [-0.15, -0.1) is 0 Å². The fraction of sp³-hybridized carbons (Fsp3) is 0.844. The molecule has 38 heavy (non-hydrogen) atoms. The molecule has 0 saturated carbocycles. The van der Waals surface area contributed by atoms with Gasteiger partial charge >= 0.3 is 5.97 Å². The van der Waals surface area contributed by atoms with Gasteiger partial charge in [-0.3, -0.25) is 4.79 Å². The minimum absolute atomic E-state index is 0.0827. The number of carbonyl (C=O) groups is 1. The van der Waals surface area contributed by atoms with Crippen LogP contribution in [0.25, 0.3) is 0 Å². The van der Waals surface area contributed by atoms with Crippen molar-refractivity contribution in [1.82, 2.24) is 0 Å². The van der Waals surface area contributed by atoms with Crippen LogP contribution >= 0.6 is 0 Å². The Labute approximate surface area is 232 Å². The van der Waals surface area contributed by atoms with E-state index in [4.69, 9.17) is 9.84 Å². The lowest BCUT2D eigenvalue weighted by molar-refractivity contribution is -0.141. The van der Waals surface area contributed by atoms with E-state index in [9.17, 15) is 20.1 Å². The Morgan fingerprint density at radius 2 is 1.53 bits per heavy atom. The van der Waals surface area contributed by atoms with Crippen LogP contribution in [0.15, 0.2) is 23.0 Å². The molecule has 0 bridgehead atoms. The number of hydrogen-bond acceptors (Lipinski definition) is 5. The normalized spacial score (nSPS) is 22.8. The monoisotopic (exact) mass is 538 g/mol. The second-order valence-corrected chi connectivity index (χ2v) is 12.7. The highest BCUT2D eigenvalue weighted by molar-refractivity contribution is 5.69. The molecule has 0 fully saturated rings. The first kappa shape index (κ1) is 34.7. The summed E-state index contributed by atoms with van der Waals surface area (Å²) < 4.78 is 6.15. The van der Waals surface area contributed by atoms with Crippen LogP contribution in [-0.2, 0) is 9.53 Å². The van der Waals surface area contributed by atoms with Crippen molar-refractivity contribution in [3.63, 3.8) is 0 Å². The molecule has 0 saturated heterocycles. The quantitative estimate of drug-likeness (QED) is 0.122. The van der Waals surface area contributed by atoms with Gasteiger partial charge in [0.1, 0.15) is 5.76 Å². The van der Waals surface area contributed by atoms with Crippen molar-refractivity contribution in [3.8, 4) is 0 Å². The Balaban J connectivity index is 2.40. The van der Waals surface area contributed by atoms with E-state index in [2.05, 4.69) is 27.7 Å². The molecular formula is C32H58O6. The van der Waals surface area contributed by atoms with Gasteiger partial charge in [-0.25, -0.2) is 0 Å². The highest BCUT2D eigenvalue weighted by atomic mass is 16.5. The summed E-state index contributed by atoms with van der Waals surface area (Å²) in [5.74, 6) is 0.403. The van der Waals surface area contributed by atoms with Gasteiger partial charge in [0.2, 0.25) is 0 Å². The molecule has 1 rings (SSSR count). The van der Waals surface area contributed by atoms with Crippen LogP contribution < -0.4 is 0 Å². The van der Waals surface area contributed by atoms with Crippen molar-refractivity contribution in [2.45, 2.75) is 149 Å². The fourth-order valence-electron chi connectivity index (χ4n) is 5.25. The third-order valence-electron chi connectivity index (χ3n) is 8.48. The summed E-state index contributed by atoms with van der Waals surface area (Å²) in [7, 11) is 0. The molecule has 222 valence electrons.